The van der Waals surface area contributed by atoms with E-state index >= 15 is 0 Å². The van der Waals surface area contributed by atoms with Crippen LogP contribution < -0.4 is 10.1 Å². The van der Waals surface area contributed by atoms with Crippen LogP contribution in [-0.4, -0.2) is 16.9 Å². The molecule has 19 heavy (non-hydrogen) atoms. The molecule has 0 unspecified atom stereocenters. The Labute approximate surface area is 114 Å². The standard InChI is InChI=1S/C15H21N3O/c1-11-5-7-13(8-6-11)9-16-10-14-12(2)17-18(3)15(14)19-4/h5-8,16H,9-10H2,1-4H3. The zero-order valence-corrected chi connectivity index (χ0v) is 12.0. The van der Waals surface area contributed by atoms with Crippen molar-refractivity contribution in [2.45, 2.75) is 26.9 Å². The van der Waals surface area contributed by atoms with Crippen molar-refractivity contribution in [2.24, 2.45) is 7.05 Å². The SMILES string of the molecule is COc1c(CNCc2ccc(C)cc2)c(C)nn1C. The van der Waals surface area contributed by atoms with Crippen LogP contribution in [0.1, 0.15) is 22.4 Å². The fourth-order valence-electron chi connectivity index (χ4n) is 2.18. The van der Waals surface area contributed by atoms with E-state index in [4.69, 9.17) is 4.74 Å². The van der Waals surface area contributed by atoms with Crippen LogP contribution in [0.15, 0.2) is 24.3 Å². The van der Waals surface area contributed by atoms with E-state index < -0.39 is 0 Å². The smallest absolute Gasteiger partial charge is 0.216 e. The van der Waals surface area contributed by atoms with Gasteiger partial charge in [0.15, 0.2) is 0 Å². The fraction of sp³-hybridized carbons (Fsp3) is 0.400. The molecule has 1 aromatic heterocycles. The molecule has 0 saturated heterocycles. The molecular formula is C15H21N3O. The highest BCUT2D eigenvalue weighted by molar-refractivity contribution is 5.31. The number of aromatic nitrogens is 2. The summed E-state index contributed by atoms with van der Waals surface area (Å²) in [5.41, 5.74) is 4.70. The summed E-state index contributed by atoms with van der Waals surface area (Å²) in [4.78, 5) is 0. The van der Waals surface area contributed by atoms with Gasteiger partial charge in [-0.05, 0) is 19.4 Å². The number of aryl methyl sites for hydroxylation is 3. The first kappa shape index (κ1) is 13.6. The summed E-state index contributed by atoms with van der Waals surface area (Å²) in [7, 11) is 3.58. The third-order valence-corrected chi connectivity index (χ3v) is 3.23. The average Bonchev–Trinajstić information content (AvgIpc) is 2.66. The van der Waals surface area contributed by atoms with E-state index in [0.29, 0.717) is 0 Å². The lowest BCUT2D eigenvalue weighted by molar-refractivity contribution is 0.368. The molecule has 0 radical (unpaired) electrons. The molecule has 0 bridgehead atoms. The number of methoxy groups -OCH3 is 1. The normalized spacial score (nSPS) is 10.7. The van der Waals surface area contributed by atoms with Gasteiger partial charge in [-0.2, -0.15) is 5.10 Å². The second kappa shape index (κ2) is 5.89. The Hall–Kier alpha value is -1.81. The number of hydrogen-bond donors (Lipinski definition) is 1. The number of hydrogen-bond acceptors (Lipinski definition) is 3. The number of benzene rings is 1. The lowest BCUT2D eigenvalue weighted by Crippen LogP contribution is -2.13. The topological polar surface area (TPSA) is 39.1 Å². The van der Waals surface area contributed by atoms with Crippen LogP contribution in [0.3, 0.4) is 0 Å². The van der Waals surface area contributed by atoms with Gasteiger partial charge in [0, 0.05) is 20.1 Å². The molecule has 4 nitrogen and oxygen atoms in total. The summed E-state index contributed by atoms with van der Waals surface area (Å²) >= 11 is 0. The lowest BCUT2D eigenvalue weighted by Gasteiger charge is -2.07. The molecular weight excluding hydrogens is 238 g/mol. The van der Waals surface area contributed by atoms with E-state index in [1.54, 1.807) is 11.8 Å². The van der Waals surface area contributed by atoms with E-state index in [1.807, 2.05) is 14.0 Å². The summed E-state index contributed by atoms with van der Waals surface area (Å²) < 4.78 is 7.15. The highest BCUT2D eigenvalue weighted by atomic mass is 16.5. The van der Waals surface area contributed by atoms with Gasteiger partial charge in [-0.3, -0.25) is 0 Å². The zero-order valence-electron chi connectivity index (χ0n) is 12.0. The van der Waals surface area contributed by atoms with Crippen LogP contribution in [0.4, 0.5) is 0 Å². The van der Waals surface area contributed by atoms with E-state index in [2.05, 4.69) is 41.6 Å². The summed E-state index contributed by atoms with van der Waals surface area (Å²) in [6, 6.07) is 8.56. The molecule has 1 N–H and O–H groups in total. The molecule has 2 rings (SSSR count). The Balaban J connectivity index is 1.97. The molecule has 102 valence electrons. The third-order valence-electron chi connectivity index (χ3n) is 3.23. The molecule has 1 aromatic carbocycles. The summed E-state index contributed by atoms with van der Waals surface area (Å²) in [5.74, 6) is 0.828. The van der Waals surface area contributed by atoms with Crippen LogP contribution in [-0.2, 0) is 20.1 Å². The van der Waals surface area contributed by atoms with Crippen molar-refractivity contribution in [3.8, 4) is 5.88 Å². The predicted octanol–water partition coefficient (Wildman–Crippen LogP) is 2.34. The van der Waals surface area contributed by atoms with Gasteiger partial charge in [0.25, 0.3) is 0 Å². The van der Waals surface area contributed by atoms with Gasteiger partial charge in [0.05, 0.1) is 18.4 Å². The van der Waals surface area contributed by atoms with Gasteiger partial charge in [0.1, 0.15) is 0 Å². The van der Waals surface area contributed by atoms with Crippen LogP contribution in [0, 0.1) is 13.8 Å². The number of nitrogens with one attached hydrogen (secondary N) is 1. The Morgan fingerprint density at radius 2 is 1.84 bits per heavy atom. The minimum atomic E-state index is 0.761. The number of nitrogens with zero attached hydrogens (tertiary/aromatic N) is 2. The molecule has 0 aliphatic carbocycles. The molecule has 2 aromatic rings. The first-order valence-electron chi connectivity index (χ1n) is 6.44. The third kappa shape index (κ3) is 3.15. The minimum absolute atomic E-state index is 0.761. The van der Waals surface area contributed by atoms with Gasteiger partial charge < -0.3 is 10.1 Å². The van der Waals surface area contributed by atoms with Crippen LogP contribution in [0.2, 0.25) is 0 Å². The molecule has 0 atom stereocenters. The Morgan fingerprint density at radius 1 is 1.16 bits per heavy atom. The van der Waals surface area contributed by atoms with Gasteiger partial charge in [-0.25, -0.2) is 4.68 Å². The molecule has 0 fully saturated rings. The molecule has 0 aliphatic rings. The van der Waals surface area contributed by atoms with Gasteiger partial charge in [-0.1, -0.05) is 29.8 Å². The van der Waals surface area contributed by atoms with Crippen molar-refractivity contribution in [1.82, 2.24) is 15.1 Å². The summed E-state index contributed by atoms with van der Waals surface area (Å²) in [5, 5.41) is 7.80. The van der Waals surface area contributed by atoms with Crippen molar-refractivity contribution in [3.63, 3.8) is 0 Å². The van der Waals surface area contributed by atoms with Crippen LogP contribution in [0.5, 0.6) is 5.88 Å². The van der Waals surface area contributed by atoms with Gasteiger partial charge >= 0.3 is 0 Å². The Bertz CT molecular complexity index is 543. The van der Waals surface area contributed by atoms with E-state index in [9.17, 15) is 0 Å². The second-order valence-corrected chi connectivity index (χ2v) is 4.79. The van der Waals surface area contributed by atoms with E-state index in [-0.39, 0.29) is 0 Å². The average molecular weight is 259 g/mol. The first-order valence-corrected chi connectivity index (χ1v) is 6.44. The fourth-order valence-corrected chi connectivity index (χ4v) is 2.18. The highest BCUT2D eigenvalue weighted by Gasteiger charge is 2.12. The zero-order chi connectivity index (χ0) is 13.8. The summed E-state index contributed by atoms with van der Waals surface area (Å²) in [6.07, 6.45) is 0. The Kier molecular flexibility index (Phi) is 4.22. The van der Waals surface area contributed by atoms with Crippen molar-refractivity contribution in [3.05, 3.63) is 46.6 Å². The van der Waals surface area contributed by atoms with Crippen molar-refractivity contribution in [1.29, 1.82) is 0 Å². The van der Waals surface area contributed by atoms with Crippen molar-refractivity contribution >= 4 is 0 Å². The number of rotatable bonds is 5. The van der Waals surface area contributed by atoms with Crippen molar-refractivity contribution < 1.29 is 4.74 Å². The van der Waals surface area contributed by atoms with Gasteiger partial charge in [-0.15, -0.1) is 0 Å². The van der Waals surface area contributed by atoms with Crippen molar-refractivity contribution in [2.75, 3.05) is 7.11 Å². The molecule has 1 heterocycles. The van der Waals surface area contributed by atoms with E-state index in [1.165, 1.54) is 11.1 Å². The van der Waals surface area contributed by atoms with Crippen LogP contribution >= 0.6 is 0 Å². The molecule has 0 spiro atoms. The molecule has 0 aliphatic heterocycles. The first-order chi connectivity index (χ1) is 9.11. The monoisotopic (exact) mass is 259 g/mol. The molecule has 0 saturated carbocycles. The maximum absolute atomic E-state index is 5.38. The number of ether oxygens (including phenoxy) is 1. The minimum Gasteiger partial charge on any atom is -0.481 e. The van der Waals surface area contributed by atoms with E-state index in [0.717, 1.165) is 30.2 Å². The summed E-state index contributed by atoms with van der Waals surface area (Å²) in [6.45, 7) is 5.71. The van der Waals surface area contributed by atoms with Crippen LogP contribution in [0.25, 0.3) is 0 Å². The lowest BCUT2D eigenvalue weighted by atomic mass is 10.1. The van der Waals surface area contributed by atoms with Gasteiger partial charge in [0.2, 0.25) is 5.88 Å². The maximum atomic E-state index is 5.38. The molecule has 0 amide bonds. The largest absolute Gasteiger partial charge is 0.481 e. The highest BCUT2D eigenvalue weighted by Crippen LogP contribution is 2.20. The predicted molar refractivity (Wildman–Crippen MR) is 76.2 cm³/mol. The molecule has 4 heteroatoms. The Morgan fingerprint density at radius 3 is 2.47 bits per heavy atom. The second-order valence-electron chi connectivity index (χ2n) is 4.79. The quantitative estimate of drug-likeness (QED) is 0.895. The maximum Gasteiger partial charge on any atom is 0.216 e.